The van der Waals surface area contributed by atoms with E-state index in [-0.39, 0.29) is 18.5 Å². The summed E-state index contributed by atoms with van der Waals surface area (Å²) in [5, 5.41) is 5.84. The molecule has 0 unspecified atom stereocenters. The van der Waals surface area contributed by atoms with Gasteiger partial charge in [0.1, 0.15) is 18.0 Å². The molecule has 2 N–H and O–H groups in total. The molecular weight excluding hydrogens is 422 g/mol. The zero-order chi connectivity index (χ0) is 23.4. The van der Waals surface area contributed by atoms with Crippen LogP contribution in [0, 0.1) is 0 Å². The molecule has 174 valence electrons. The normalized spacial score (nSPS) is 18.1. The molecule has 0 bridgehead atoms. The number of hydrogen-bond acceptors (Lipinski definition) is 5. The van der Waals surface area contributed by atoms with Gasteiger partial charge in [0.25, 0.3) is 5.91 Å². The number of benzene rings is 2. The SMILES string of the molecule is COc1ccc(C2(c3ccc(OC)cc3)NC(=O)N(CC(=O)NC3CCCCC3)C2=O)cc1. The van der Waals surface area contributed by atoms with E-state index in [0.29, 0.717) is 22.6 Å². The molecule has 2 aromatic rings. The van der Waals surface area contributed by atoms with Crippen LogP contribution in [-0.2, 0) is 15.1 Å². The average molecular weight is 452 g/mol. The van der Waals surface area contributed by atoms with E-state index in [0.717, 1.165) is 30.6 Å². The Morgan fingerprint density at radius 1 is 0.939 bits per heavy atom. The number of nitrogens with one attached hydrogen (secondary N) is 2. The maximum absolute atomic E-state index is 13.8. The molecule has 2 fully saturated rings. The summed E-state index contributed by atoms with van der Waals surface area (Å²) >= 11 is 0. The Bertz CT molecular complexity index is 966. The quantitative estimate of drug-likeness (QED) is 0.631. The predicted molar refractivity (Wildman–Crippen MR) is 122 cm³/mol. The molecule has 1 aliphatic heterocycles. The lowest BCUT2D eigenvalue weighted by atomic mass is 9.82. The maximum atomic E-state index is 13.8. The van der Waals surface area contributed by atoms with Gasteiger partial charge in [-0.25, -0.2) is 4.79 Å². The maximum Gasteiger partial charge on any atom is 0.326 e. The average Bonchev–Trinajstić information content (AvgIpc) is 3.10. The second kappa shape index (κ2) is 9.52. The highest BCUT2D eigenvalue weighted by Gasteiger charge is 2.54. The molecular formula is C25H29N3O5. The number of imide groups is 1. The van der Waals surface area contributed by atoms with Gasteiger partial charge in [0.05, 0.1) is 14.2 Å². The van der Waals surface area contributed by atoms with E-state index in [1.54, 1.807) is 62.8 Å². The van der Waals surface area contributed by atoms with Gasteiger partial charge in [-0.1, -0.05) is 43.5 Å². The van der Waals surface area contributed by atoms with Gasteiger partial charge in [0, 0.05) is 6.04 Å². The van der Waals surface area contributed by atoms with Crippen molar-refractivity contribution in [2.75, 3.05) is 20.8 Å². The molecule has 4 rings (SSSR count). The van der Waals surface area contributed by atoms with Crippen LogP contribution in [0.5, 0.6) is 11.5 Å². The third kappa shape index (κ3) is 4.37. The highest BCUT2D eigenvalue weighted by atomic mass is 16.5. The van der Waals surface area contributed by atoms with Crippen LogP contribution < -0.4 is 20.1 Å². The lowest BCUT2D eigenvalue weighted by Crippen LogP contribution is -2.47. The molecule has 33 heavy (non-hydrogen) atoms. The summed E-state index contributed by atoms with van der Waals surface area (Å²) in [5.74, 6) is 0.431. The smallest absolute Gasteiger partial charge is 0.326 e. The predicted octanol–water partition coefficient (Wildman–Crippen LogP) is 2.95. The Labute approximate surface area is 193 Å². The van der Waals surface area contributed by atoms with E-state index in [1.807, 2.05) is 0 Å². The van der Waals surface area contributed by atoms with Crippen molar-refractivity contribution in [3.63, 3.8) is 0 Å². The minimum atomic E-state index is -1.46. The van der Waals surface area contributed by atoms with Gasteiger partial charge in [-0.3, -0.25) is 14.5 Å². The molecule has 0 spiro atoms. The van der Waals surface area contributed by atoms with Crippen molar-refractivity contribution >= 4 is 17.8 Å². The number of amides is 4. The molecule has 2 aliphatic rings. The fourth-order valence-electron chi connectivity index (χ4n) is 4.62. The number of urea groups is 1. The summed E-state index contributed by atoms with van der Waals surface area (Å²) in [6.07, 6.45) is 5.17. The van der Waals surface area contributed by atoms with Crippen molar-refractivity contribution in [1.29, 1.82) is 0 Å². The third-order valence-corrected chi connectivity index (χ3v) is 6.42. The lowest BCUT2D eigenvalue weighted by molar-refractivity contribution is -0.134. The van der Waals surface area contributed by atoms with Crippen LogP contribution in [0.15, 0.2) is 48.5 Å². The summed E-state index contributed by atoms with van der Waals surface area (Å²) in [6, 6.07) is 13.4. The van der Waals surface area contributed by atoms with Crippen LogP contribution in [0.25, 0.3) is 0 Å². The first kappa shape index (κ1) is 22.6. The van der Waals surface area contributed by atoms with Gasteiger partial charge in [-0.05, 0) is 48.2 Å². The second-order valence-electron chi connectivity index (χ2n) is 8.43. The van der Waals surface area contributed by atoms with Crippen LogP contribution in [0.4, 0.5) is 4.79 Å². The van der Waals surface area contributed by atoms with Crippen LogP contribution in [-0.4, -0.2) is 49.6 Å². The number of carbonyl (C=O) groups is 3. The first-order chi connectivity index (χ1) is 16.0. The highest BCUT2D eigenvalue weighted by molar-refractivity contribution is 6.11. The molecule has 0 atom stereocenters. The Morgan fingerprint density at radius 2 is 1.45 bits per heavy atom. The minimum absolute atomic E-state index is 0.0972. The third-order valence-electron chi connectivity index (χ3n) is 6.42. The summed E-state index contributed by atoms with van der Waals surface area (Å²) in [5.41, 5.74) is -0.315. The standard InChI is InChI=1S/C25H29N3O5/c1-32-20-12-8-17(9-13-20)25(18-10-14-21(33-2)15-11-18)23(30)28(24(31)27-25)16-22(29)26-19-6-4-3-5-7-19/h8-15,19H,3-7,16H2,1-2H3,(H,26,29)(H,27,31). The van der Waals surface area contributed by atoms with Crippen molar-refractivity contribution < 1.29 is 23.9 Å². The molecule has 4 amide bonds. The van der Waals surface area contributed by atoms with Crippen LogP contribution in [0.1, 0.15) is 43.2 Å². The minimum Gasteiger partial charge on any atom is -0.497 e. The Hall–Kier alpha value is -3.55. The molecule has 1 saturated heterocycles. The molecule has 1 heterocycles. The summed E-state index contributed by atoms with van der Waals surface area (Å²) in [6.45, 7) is -0.324. The number of nitrogens with zero attached hydrogens (tertiary/aromatic N) is 1. The first-order valence-corrected chi connectivity index (χ1v) is 11.2. The largest absolute Gasteiger partial charge is 0.497 e. The zero-order valence-electron chi connectivity index (χ0n) is 18.9. The first-order valence-electron chi connectivity index (χ1n) is 11.2. The van der Waals surface area contributed by atoms with Crippen molar-refractivity contribution in [2.24, 2.45) is 0 Å². The monoisotopic (exact) mass is 451 g/mol. The van der Waals surface area contributed by atoms with E-state index in [1.165, 1.54) is 6.42 Å². The Morgan fingerprint density at radius 3 is 1.94 bits per heavy atom. The lowest BCUT2D eigenvalue weighted by Gasteiger charge is -2.28. The number of methoxy groups -OCH3 is 2. The van der Waals surface area contributed by atoms with Gasteiger partial charge < -0.3 is 20.1 Å². The number of carbonyl (C=O) groups excluding carboxylic acids is 3. The topological polar surface area (TPSA) is 97.0 Å². The fraction of sp³-hybridized carbons (Fsp3) is 0.400. The Balaban J connectivity index is 1.65. The van der Waals surface area contributed by atoms with Gasteiger partial charge in [-0.15, -0.1) is 0 Å². The van der Waals surface area contributed by atoms with E-state index in [9.17, 15) is 14.4 Å². The molecule has 8 heteroatoms. The Kier molecular flexibility index (Phi) is 6.53. The number of ether oxygens (including phenoxy) is 2. The number of rotatable bonds is 7. The molecule has 0 aromatic heterocycles. The molecule has 1 saturated carbocycles. The van der Waals surface area contributed by atoms with Crippen molar-refractivity contribution in [3.8, 4) is 11.5 Å². The molecule has 0 radical (unpaired) electrons. The van der Waals surface area contributed by atoms with E-state index >= 15 is 0 Å². The van der Waals surface area contributed by atoms with Crippen LogP contribution in [0.2, 0.25) is 0 Å². The van der Waals surface area contributed by atoms with Gasteiger partial charge in [0.2, 0.25) is 5.91 Å². The molecule has 1 aliphatic carbocycles. The summed E-state index contributed by atoms with van der Waals surface area (Å²) in [7, 11) is 3.12. The van der Waals surface area contributed by atoms with Gasteiger partial charge in [-0.2, -0.15) is 0 Å². The molecule has 2 aromatic carbocycles. The summed E-state index contributed by atoms with van der Waals surface area (Å²) < 4.78 is 10.5. The molecule has 8 nitrogen and oxygen atoms in total. The van der Waals surface area contributed by atoms with Gasteiger partial charge >= 0.3 is 6.03 Å². The summed E-state index contributed by atoms with van der Waals surface area (Å²) in [4.78, 5) is 40.4. The van der Waals surface area contributed by atoms with Gasteiger partial charge in [0.15, 0.2) is 5.54 Å². The zero-order valence-corrected chi connectivity index (χ0v) is 18.9. The highest BCUT2D eigenvalue weighted by Crippen LogP contribution is 2.37. The van der Waals surface area contributed by atoms with E-state index in [4.69, 9.17) is 9.47 Å². The fourth-order valence-corrected chi connectivity index (χ4v) is 4.62. The van der Waals surface area contributed by atoms with Crippen molar-refractivity contribution in [2.45, 2.75) is 43.7 Å². The van der Waals surface area contributed by atoms with Crippen LogP contribution >= 0.6 is 0 Å². The van der Waals surface area contributed by atoms with Crippen molar-refractivity contribution in [1.82, 2.24) is 15.5 Å². The number of hydrogen-bond donors (Lipinski definition) is 2. The van der Waals surface area contributed by atoms with E-state index < -0.39 is 17.5 Å². The second-order valence-corrected chi connectivity index (χ2v) is 8.43. The van der Waals surface area contributed by atoms with Crippen LogP contribution in [0.3, 0.4) is 0 Å². The van der Waals surface area contributed by atoms with Crippen molar-refractivity contribution in [3.05, 3.63) is 59.7 Å². The van der Waals surface area contributed by atoms with E-state index in [2.05, 4.69) is 10.6 Å².